The highest BCUT2D eigenvalue weighted by Crippen LogP contribution is 2.22. The lowest BCUT2D eigenvalue weighted by Crippen LogP contribution is -2.03. The molecule has 0 aliphatic carbocycles. The predicted molar refractivity (Wildman–Crippen MR) is 66.3 cm³/mol. The van der Waals surface area contributed by atoms with Gasteiger partial charge in [-0.3, -0.25) is 9.78 Å². The van der Waals surface area contributed by atoms with E-state index in [0.29, 0.717) is 16.3 Å². The van der Waals surface area contributed by atoms with Crippen molar-refractivity contribution in [2.45, 2.75) is 13.3 Å². The smallest absolute Gasteiger partial charge is 0.169 e. The molecule has 0 aliphatic rings. The number of carbonyl (C=O) groups excluding carboxylic acids is 1. The SMILES string of the molecule is Cc1cncc(C(=O)Cc2ccc(Cl)s2)c1. The molecule has 82 valence electrons. The molecule has 2 aromatic heterocycles. The molecule has 16 heavy (non-hydrogen) atoms. The van der Waals surface area contributed by atoms with Gasteiger partial charge in [0.25, 0.3) is 0 Å². The first-order valence-corrected chi connectivity index (χ1v) is 6.03. The minimum absolute atomic E-state index is 0.0784. The highest BCUT2D eigenvalue weighted by molar-refractivity contribution is 7.16. The summed E-state index contributed by atoms with van der Waals surface area (Å²) in [5.41, 5.74) is 1.65. The number of hydrogen-bond acceptors (Lipinski definition) is 3. The Labute approximate surface area is 103 Å². The standard InChI is InChI=1S/C12H10ClNOS/c1-8-4-9(7-14-6-8)11(15)5-10-2-3-12(13)16-10/h2-4,6-7H,5H2,1H3. The summed E-state index contributed by atoms with van der Waals surface area (Å²) < 4.78 is 0.713. The largest absolute Gasteiger partial charge is 0.294 e. The van der Waals surface area contributed by atoms with Gasteiger partial charge in [0.2, 0.25) is 0 Å². The quantitative estimate of drug-likeness (QED) is 0.781. The molecule has 0 saturated carbocycles. The number of aryl methyl sites for hydroxylation is 1. The number of ketones is 1. The molecule has 2 nitrogen and oxygen atoms in total. The number of rotatable bonds is 3. The van der Waals surface area contributed by atoms with E-state index >= 15 is 0 Å². The molecule has 0 saturated heterocycles. The summed E-state index contributed by atoms with van der Waals surface area (Å²) >= 11 is 7.25. The van der Waals surface area contributed by atoms with E-state index in [-0.39, 0.29) is 5.78 Å². The van der Waals surface area contributed by atoms with E-state index < -0.39 is 0 Å². The van der Waals surface area contributed by atoms with Crippen molar-refractivity contribution in [3.05, 3.63) is 50.9 Å². The Bertz CT molecular complexity index is 521. The van der Waals surface area contributed by atoms with Gasteiger partial charge in [-0.15, -0.1) is 11.3 Å². The molecule has 0 radical (unpaired) electrons. The van der Waals surface area contributed by atoms with Crippen molar-refractivity contribution in [3.63, 3.8) is 0 Å². The molecule has 4 heteroatoms. The lowest BCUT2D eigenvalue weighted by atomic mass is 10.1. The van der Waals surface area contributed by atoms with E-state index in [1.54, 1.807) is 12.4 Å². The van der Waals surface area contributed by atoms with Crippen molar-refractivity contribution in [3.8, 4) is 0 Å². The Kier molecular flexibility index (Phi) is 3.36. The maximum atomic E-state index is 11.9. The first-order valence-electron chi connectivity index (χ1n) is 4.84. The number of Topliss-reactive ketones (excluding diaryl/α,β-unsaturated/α-hetero) is 1. The van der Waals surface area contributed by atoms with Crippen LogP contribution in [0, 0.1) is 6.92 Å². The number of carbonyl (C=O) groups is 1. The van der Waals surface area contributed by atoms with Gasteiger partial charge in [0, 0.05) is 29.3 Å². The van der Waals surface area contributed by atoms with Crippen molar-refractivity contribution in [2.75, 3.05) is 0 Å². The maximum Gasteiger partial charge on any atom is 0.169 e. The second kappa shape index (κ2) is 4.76. The second-order valence-electron chi connectivity index (χ2n) is 3.56. The van der Waals surface area contributed by atoms with E-state index in [9.17, 15) is 4.79 Å². The highest BCUT2D eigenvalue weighted by Gasteiger charge is 2.09. The summed E-state index contributed by atoms with van der Waals surface area (Å²) in [6.45, 7) is 1.92. The lowest BCUT2D eigenvalue weighted by molar-refractivity contribution is 0.0993. The van der Waals surface area contributed by atoms with E-state index in [4.69, 9.17) is 11.6 Å². The molecule has 0 unspecified atom stereocenters. The van der Waals surface area contributed by atoms with Gasteiger partial charge in [-0.1, -0.05) is 11.6 Å². The fourth-order valence-corrected chi connectivity index (χ4v) is 2.50. The fourth-order valence-electron chi connectivity index (χ4n) is 1.41. The molecule has 0 atom stereocenters. The van der Waals surface area contributed by atoms with Crippen LogP contribution < -0.4 is 0 Å². The zero-order valence-corrected chi connectivity index (χ0v) is 10.3. The molecular weight excluding hydrogens is 242 g/mol. The average molecular weight is 252 g/mol. The molecule has 0 spiro atoms. The molecule has 0 aromatic carbocycles. The molecule has 2 heterocycles. The average Bonchev–Trinajstić information content (AvgIpc) is 2.64. The van der Waals surface area contributed by atoms with Gasteiger partial charge < -0.3 is 0 Å². The molecule has 0 fully saturated rings. The van der Waals surface area contributed by atoms with Crippen molar-refractivity contribution in [1.29, 1.82) is 0 Å². The molecule has 2 rings (SSSR count). The van der Waals surface area contributed by atoms with Crippen LogP contribution in [0.5, 0.6) is 0 Å². The predicted octanol–water partition coefficient (Wildman–Crippen LogP) is 3.53. The summed E-state index contributed by atoms with van der Waals surface area (Å²) in [6.07, 6.45) is 3.73. The summed E-state index contributed by atoms with van der Waals surface area (Å²) in [4.78, 5) is 16.9. The van der Waals surface area contributed by atoms with Gasteiger partial charge in [-0.2, -0.15) is 0 Å². The number of nitrogens with zero attached hydrogens (tertiary/aromatic N) is 1. The first kappa shape index (κ1) is 11.3. The van der Waals surface area contributed by atoms with E-state index in [0.717, 1.165) is 10.4 Å². The summed E-state index contributed by atoms with van der Waals surface area (Å²) in [5, 5.41) is 0. The third-order valence-electron chi connectivity index (χ3n) is 2.16. The van der Waals surface area contributed by atoms with Crippen LogP contribution in [0.25, 0.3) is 0 Å². The van der Waals surface area contributed by atoms with Crippen LogP contribution in [0.4, 0.5) is 0 Å². The Balaban J connectivity index is 2.14. The Morgan fingerprint density at radius 3 is 2.88 bits per heavy atom. The highest BCUT2D eigenvalue weighted by atomic mass is 35.5. The molecule has 0 amide bonds. The van der Waals surface area contributed by atoms with Crippen LogP contribution in [0.15, 0.2) is 30.6 Å². The third kappa shape index (κ3) is 2.68. The molecule has 0 bridgehead atoms. The summed E-state index contributed by atoms with van der Waals surface area (Å²) in [6, 6.07) is 5.54. The van der Waals surface area contributed by atoms with Gasteiger partial charge in [0.15, 0.2) is 5.78 Å². The maximum absolute atomic E-state index is 11.9. The van der Waals surface area contributed by atoms with Crippen molar-refractivity contribution < 1.29 is 4.79 Å². The van der Waals surface area contributed by atoms with E-state index in [1.807, 2.05) is 25.1 Å². The van der Waals surface area contributed by atoms with Crippen LogP contribution in [0.2, 0.25) is 4.34 Å². The van der Waals surface area contributed by atoms with Gasteiger partial charge in [-0.25, -0.2) is 0 Å². The fraction of sp³-hybridized carbons (Fsp3) is 0.167. The van der Waals surface area contributed by atoms with Gasteiger partial charge >= 0.3 is 0 Å². The lowest BCUT2D eigenvalue weighted by Gasteiger charge is -1.99. The van der Waals surface area contributed by atoms with E-state index in [2.05, 4.69) is 4.98 Å². The van der Waals surface area contributed by atoms with Gasteiger partial charge in [-0.05, 0) is 30.7 Å². The molecule has 0 aliphatic heterocycles. The van der Waals surface area contributed by atoms with Crippen molar-refractivity contribution >= 4 is 28.7 Å². The van der Waals surface area contributed by atoms with Crippen LogP contribution in [-0.4, -0.2) is 10.8 Å². The molecule has 2 aromatic rings. The van der Waals surface area contributed by atoms with E-state index in [1.165, 1.54) is 11.3 Å². The van der Waals surface area contributed by atoms with Crippen LogP contribution >= 0.6 is 22.9 Å². The number of pyridine rings is 1. The number of aromatic nitrogens is 1. The molecular formula is C12H10ClNOS. The Morgan fingerprint density at radius 2 is 2.25 bits per heavy atom. The first-order chi connectivity index (χ1) is 7.65. The minimum atomic E-state index is 0.0784. The van der Waals surface area contributed by atoms with Crippen molar-refractivity contribution in [2.24, 2.45) is 0 Å². The Hall–Kier alpha value is -1.19. The number of hydrogen-bond donors (Lipinski definition) is 0. The number of thiophene rings is 1. The normalized spacial score (nSPS) is 10.4. The van der Waals surface area contributed by atoms with Crippen molar-refractivity contribution in [1.82, 2.24) is 4.98 Å². The number of halogens is 1. The summed E-state index contributed by atoms with van der Waals surface area (Å²) in [5.74, 6) is 0.0784. The van der Waals surface area contributed by atoms with Crippen LogP contribution in [-0.2, 0) is 6.42 Å². The zero-order valence-electron chi connectivity index (χ0n) is 8.74. The molecule has 0 N–H and O–H groups in total. The second-order valence-corrected chi connectivity index (χ2v) is 5.36. The summed E-state index contributed by atoms with van der Waals surface area (Å²) in [7, 11) is 0. The van der Waals surface area contributed by atoms with Crippen LogP contribution in [0.1, 0.15) is 20.8 Å². The van der Waals surface area contributed by atoms with Gasteiger partial charge in [0.05, 0.1) is 4.34 Å². The van der Waals surface area contributed by atoms with Crippen LogP contribution in [0.3, 0.4) is 0 Å². The minimum Gasteiger partial charge on any atom is -0.294 e. The van der Waals surface area contributed by atoms with Gasteiger partial charge in [0.1, 0.15) is 0 Å². The Morgan fingerprint density at radius 1 is 1.44 bits per heavy atom. The topological polar surface area (TPSA) is 30.0 Å². The monoisotopic (exact) mass is 251 g/mol. The third-order valence-corrected chi connectivity index (χ3v) is 3.39. The zero-order chi connectivity index (χ0) is 11.5.